The first-order valence-corrected chi connectivity index (χ1v) is 7.36. The van der Waals surface area contributed by atoms with Crippen molar-refractivity contribution in [3.05, 3.63) is 0 Å². The molecule has 3 amide bonds. The summed E-state index contributed by atoms with van der Waals surface area (Å²) in [6, 6.07) is -1.22. The highest BCUT2D eigenvalue weighted by Crippen LogP contribution is 2.32. The molecule has 7 heteroatoms. The first-order valence-electron chi connectivity index (χ1n) is 7.36. The molecule has 0 spiro atoms. The number of amides is 3. The molecule has 0 aliphatic carbocycles. The Morgan fingerprint density at radius 1 is 1.24 bits per heavy atom. The van der Waals surface area contributed by atoms with E-state index in [1.54, 1.807) is 13.8 Å². The molecule has 1 fully saturated rings. The van der Waals surface area contributed by atoms with Crippen LogP contribution in [0.15, 0.2) is 0 Å². The van der Waals surface area contributed by atoms with Gasteiger partial charge in [0.15, 0.2) is 0 Å². The van der Waals surface area contributed by atoms with Crippen molar-refractivity contribution >= 4 is 17.9 Å². The number of hydrogen-bond acceptors (Lipinski definition) is 3. The number of carboxylic acids is 1. The summed E-state index contributed by atoms with van der Waals surface area (Å²) in [7, 11) is 0. The number of carbonyl (C=O) groups is 3. The summed E-state index contributed by atoms with van der Waals surface area (Å²) in [5.41, 5.74) is -1.15. The van der Waals surface area contributed by atoms with Crippen LogP contribution in [0.5, 0.6) is 0 Å². The molecule has 7 nitrogen and oxygen atoms in total. The van der Waals surface area contributed by atoms with E-state index < -0.39 is 23.6 Å². The van der Waals surface area contributed by atoms with Gasteiger partial charge in [0.1, 0.15) is 11.6 Å². The third-order valence-electron chi connectivity index (χ3n) is 3.88. The fourth-order valence-corrected chi connectivity index (χ4v) is 2.65. The van der Waals surface area contributed by atoms with Gasteiger partial charge in [-0.25, -0.2) is 9.59 Å². The van der Waals surface area contributed by atoms with Crippen LogP contribution in [-0.4, -0.2) is 52.1 Å². The van der Waals surface area contributed by atoms with Gasteiger partial charge in [0, 0.05) is 12.6 Å². The second-order valence-electron chi connectivity index (χ2n) is 5.78. The van der Waals surface area contributed by atoms with E-state index >= 15 is 0 Å². The molecule has 1 rings (SSSR count). The molecule has 0 aromatic rings. The van der Waals surface area contributed by atoms with E-state index in [1.807, 2.05) is 13.8 Å². The van der Waals surface area contributed by atoms with Crippen LogP contribution in [-0.2, 0) is 9.59 Å². The summed E-state index contributed by atoms with van der Waals surface area (Å²) in [5, 5.41) is 14.7. The van der Waals surface area contributed by atoms with Crippen molar-refractivity contribution in [1.82, 2.24) is 15.5 Å². The largest absolute Gasteiger partial charge is 0.479 e. The minimum Gasteiger partial charge on any atom is -0.479 e. The fraction of sp³-hybridized carbons (Fsp3) is 0.786. The lowest BCUT2D eigenvalue weighted by Gasteiger charge is -2.34. The van der Waals surface area contributed by atoms with Crippen molar-refractivity contribution in [1.29, 1.82) is 0 Å². The van der Waals surface area contributed by atoms with Gasteiger partial charge >= 0.3 is 12.0 Å². The molecular formula is C14H25N3O4. The van der Waals surface area contributed by atoms with Crippen LogP contribution in [0.3, 0.4) is 0 Å². The van der Waals surface area contributed by atoms with E-state index in [0.29, 0.717) is 25.8 Å². The maximum atomic E-state index is 12.3. The van der Waals surface area contributed by atoms with Crippen LogP contribution in [0.4, 0.5) is 4.79 Å². The van der Waals surface area contributed by atoms with Gasteiger partial charge in [-0.1, -0.05) is 6.92 Å². The van der Waals surface area contributed by atoms with E-state index in [1.165, 1.54) is 4.90 Å². The lowest BCUT2D eigenvalue weighted by atomic mass is 9.93. The molecule has 0 aromatic carbocycles. The third kappa shape index (κ3) is 3.65. The number of aliphatic carboxylic acids is 1. The zero-order valence-corrected chi connectivity index (χ0v) is 13.1. The van der Waals surface area contributed by atoms with Crippen molar-refractivity contribution in [3.8, 4) is 0 Å². The second kappa shape index (κ2) is 6.78. The topological polar surface area (TPSA) is 98.7 Å². The normalized spacial score (nSPS) is 23.0. The van der Waals surface area contributed by atoms with Gasteiger partial charge in [-0.05, 0) is 40.0 Å². The number of urea groups is 1. The van der Waals surface area contributed by atoms with Gasteiger partial charge in [-0.2, -0.15) is 0 Å². The van der Waals surface area contributed by atoms with Crippen LogP contribution in [0.2, 0.25) is 0 Å². The Bertz CT molecular complexity index is 424. The lowest BCUT2D eigenvalue weighted by Crippen LogP contribution is -2.58. The second-order valence-corrected chi connectivity index (χ2v) is 5.78. The van der Waals surface area contributed by atoms with Gasteiger partial charge in [-0.15, -0.1) is 0 Å². The Kier molecular flexibility index (Phi) is 5.57. The molecule has 0 saturated carbocycles. The van der Waals surface area contributed by atoms with Crippen LogP contribution >= 0.6 is 0 Å². The highest BCUT2D eigenvalue weighted by Gasteiger charge is 2.48. The fourth-order valence-electron chi connectivity index (χ4n) is 2.65. The quantitative estimate of drug-likeness (QED) is 0.703. The maximum absolute atomic E-state index is 12.3. The average Bonchev–Trinajstić information content (AvgIpc) is 2.82. The summed E-state index contributed by atoms with van der Waals surface area (Å²) in [4.78, 5) is 37.0. The minimum absolute atomic E-state index is 0.0163. The van der Waals surface area contributed by atoms with Crippen molar-refractivity contribution in [2.24, 2.45) is 0 Å². The Morgan fingerprint density at radius 2 is 1.86 bits per heavy atom. The zero-order chi connectivity index (χ0) is 16.2. The van der Waals surface area contributed by atoms with Crippen LogP contribution in [0, 0.1) is 0 Å². The maximum Gasteiger partial charge on any atom is 0.329 e. The number of rotatable bonds is 5. The van der Waals surface area contributed by atoms with Crippen LogP contribution < -0.4 is 10.6 Å². The molecule has 0 bridgehead atoms. The van der Waals surface area contributed by atoms with E-state index in [0.717, 1.165) is 0 Å². The predicted octanol–water partition coefficient (Wildman–Crippen LogP) is 0.938. The van der Waals surface area contributed by atoms with Crippen molar-refractivity contribution in [2.75, 3.05) is 6.54 Å². The summed E-state index contributed by atoms with van der Waals surface area (Å²) >= 11 is 0. The standard InChI is InChI=1S/C14H25N3O4/c1-5-14(12(19)20)7-6-8-17(14)13(21)16-10(4)11(18)15-9(2)3/h9-10H,5-8H2,1-4H3,(H,15,18)(H,16,21)(H,19,20). The van der Waals surface area contributed by atoms with E-state index in [4.69, 9.17) is 0 Å². The van der Waals surface area contributed by atoms with E-state index in [9.17, 15) is 19.5 Å². The molecule has 3 N–H and O–H groups in total. The molecule has 21 heavy (non-hydrogen) atoms. The summed E-state index contributed by atoms with van der Waals surface area (Å²) in [5.74, 6) is -1.27. The molecule has 1 heterocycles. The molecule has 2 unspecified atom stereocenters. The molecule has 2 atom stereocenters. The summed E-state index contributed by atoms with van der Waals surface area (Å²) < 4.78 is 0. The first kappa shape index (κ1) is 17.3. The number of nitrogens with zero attached hydrogens (tertiary/aromatic N) is 1. The molecule has 1 aliphatic rings. The van der Waals surface area contributed by atoms with Crippen LogP contribution in [0.1, 0.15) is 47.0 Å². The molecular weight excluding hydrogens is 274 g/mol. The number of carbonyl (C=O) groups excluding carboxylic acids is 2. The summed E-state index contributed by atoms with van der Waals surface area (Å²) in [6.45, 7) is 7.40. The van der Waals surface area contributed by atoms with Crippen molar-refractivity contribution in [2.45, 2.75) is 64.6 Å². The molecule has 1 saturated heterocycles. The molecule has 0 radical (unpaired) electrons. The number of likely N-dealkylation sites (tertiary alicyclic amines) is 1. The van der Waals surface area contributed by atoms with Crippen molar-refractivity contribution < 1.29 is 19.5 Å². The van der Waals surface area contributed by atoms with Crippen molar-refractivity contribution in [3.63, 3.8) is 0 Å². The van der Waals surface area contributed by atoms with E-state index in [2.05, 4.69) is 10.6 Å². The Balaban J connectivity index is 2.74. The zero-order valence-electron chi connectivity index (χ0n) is 13.1. The Morgan fingerprint density at radius 3 is 2.33 bits per heavy atom. The average molecular weight is 299 g/mol. The monoisotopic (exact) mass is 299 g/mol. The Labute approximate surface area is 125 Å². The van der Waals surface area contributed by atoms with Gasteiger partial charge in [-0.3, -0.25) is 4.79 Å². The number of hydrogen-bond donors (Lipinski definition) is 3. The number of carboxylic acid groups (broad SMARTS) is 1. The van der Waals surface area contributed by atoms with Gasteiger partial charge in [0.2, 0.25) is 5.91 Å². The van der Waals surface area contributed by atoms with E-state index in [-0.39, 0.29) is 11.9 Å². The lowest BCUT2D eigenvalue weighted by molar-refractivity contribution is -0.148. The highest BCUT2D eigenvalue weighted by atomic mass is 16.4. The first-order chi connectivity index (χ1) is 9.74. The molecule has 120 valence electrons. The molecule has 0 aromatic heterocycles. The summed E-state index contributed by atoms with van der Waals surface area (Å²) in [6.07, 6.45) is 1.45. The third-order valence-corrected chi connectivity index (χ3v) is 3.88. The van der Waals surface area contributed by atoms with Gasteiger partial charge < -0.3 is 20.6 Å². The number of nitrogens with one attached hydrogen (secondary N) is 2. The minimum atomic E-state index is -1.15. The Hall–Kier alpha value is -1.79. The highest BCUT2D eigenvalue weighted by molar-refractivity contribution is 5.90. The smallest absolute Gasteiger partial charge is 0.329 e. The SMILES string of the molecule is CCC1(C(=O)O)CCCN1C(=O)NC(C)C(=O)NC(C)C. The van der Waals surface area contributed by atoms with Crippen LogP contribution in [0.25, 0.3) is 0 Å². The van der Waals surface area contributed by atoms with Gasteiger partial charge in [0.25, 0.3) is 0 Å². The van der Waals surface area contributed by atoms with Gasteiger partial charge in [0.05, 0.1) is 0 Å². The molecule has 1 aliphatic heterocycles. The predicted molar refractivity (Wildman–Crippen MR) is 77.9 cm³/mol.